The smallest absolute Gasteiger partial charge is 0.407 e. The van der Waals surface area contributed by atoms with Gasteiger partial charge in [-0.1, -0.05) is 109 Å². The molecule has 3 aliphatic heterocycles. The first kappa shape index (κ1) is 48.8. The molecule has 3 aliphatic rings. The first-order valence-corrected chi connectivity index (χ1v) is 24.6. The van der Waals surface area contributed by atoms with E-state index in [1.807, 2.05) is 49.6 Å². The number of nitrogens with zero attached hydrogens (tertiary/aromatic N) is 5. The molecule has 3 fully saturated rings. The average Bonchev–Trinajstić information content (AvgIpc) is 4.21. The van der Waals surface area contributed by atoms with Gasteiger partial charge in [0.1, 0.15) is 12.1 Å². The summed E-state index contributed by atoms with van der Waals surface area (Å²) in [6.45, 7) is 15.6. The number of hydrogen-bond donors (Lipinski definition) is 4. The van der Waals surface area contributed by atoms with Crippen LogP contribution < -0.4 is 15.5 Å². The Balaban J connectivity index is 1.00. The van der Waals surface area contributed by atoms with Crippen molar-refractivity contribution in [2.24, 2.45) is 11.8 Å². The van der Waals surface area contributed by atoms with Crippen LogP contribution in [-0.4, -0.2) is 93.6 Å². The minimum absolute atomic E-state index is 0.0276. The van der Waals surface area contributed by atoms with Crippen molar-refractivity contribution in [1.82, 2.24) is 40.8 Å². The number of methoxy groups -OCH3 is 2. The monoisotopic (exact) mass is 940 g/mol. The second kappa shape index (κ2) is 20.5. The molecule has 6 atom stereocenters. The van der Waals surface area contributed by atoms with Gasteiger partial charge in [-0.25, -0.2) is 9.59 Å². The highest BCUT2D eigenvalue weighted by molar-refractivity contribution is 5.87. The molecule has 3 saturated heterocycles. The van der Waals surface area contributed by atoms with Crippen molar-refractivity contribution in [3.63, 3.8) is 0 Å². The van der Waals surface area contributed by atoms with E-state index in [4.69, 9.17) is 19.7 Å². The second-order valence-corrected chi connectivity index (χ2v) is 20.6. The van der Waals surface area contributed by atoms with E-state index < -0.39 is 24.3 Å². The molecule has 2 aromatic heterocycles. The lowest BCUT2D eigenvalue weighted by Gasteiger charge is -2.34. The topological polar surface area (TPSA) is 178 Å². The van der Waals surface area contributed by atoms with E-state index in [1.165, 1.54) is 36.6 Å². The number of nitrogens with one attached hydrogen (secondary N) is 4. The Morgan fingerprint density at radius 3 is 1.36 bits per heavy atom. The molecule has 5 heterocycles. The third-order valence-corrected chi connectivity index (χ3v) is 14.4. The van der Waals surface area contributed by atoms with Gasteiger partial charge >= 0.3 is 12.2 Å². The predicted molar refractivity (Wildman–Crippen MR) is 266 cm³/mol. The maximum Gasteiger partial charge on any atom is 0.407 e. The third-order valence-electron chi connectivity index (χ3n) is 14.4. The number of alkyl carbamates (subject to hydrolysis) is 2. The zero-order valence-corrected chi connectivity index (χ0v) is 41.5. The largest absolute Gasteiger partial charge is 0.453 e. The molecule has 0 saturated carbocycles. The summed E-state index contributed by atoms with van der Waals surface area (Å²) in [5.41, 5.74) is 10.3. The van der Waals surface area contributed by atoms with Gasteiger partial charge in [-0.05, 0) is 96.7 Å². The Kier molecular flexibility index (Phi) is 14.5. The van der Waals surface area contributed by atoms with Crippen molar-refractivity contribution in [3.8, 4) is 22.5 Å². The van der Waals surface area contributed by atoms with E-state index >= 15 is 0 Å². The van der Waals surface area contributed by atoms with E-state index in [0.717, 1.165) is 72.4 Å². The molecule has 0 spiro atoms. The van der Waals surface area contributed by atoms with Crippen molar-refractivity contribution in [1.29, 1.82) is 0 Å². The zero-order valence-electron chi connectivity index (χ0n) is 41.5. The molecule has 0 unspecified atom stereocenters. The summed E-state index contributed by atoms with van der Waals surface area (Å²) in [7, 11) is 2.61. The summed E-state index contributed by atoms with van der Waals surface area (Å²) >= 11 is 0. The standard InChI is InChI=1S/C54H69N9O6/c1-32(2)48(55-52(66)68-8)50(64)61-28-10-12-46(61)42-30-40(57-59-42)34-14-18-36(19-15-34)44-26-27-45(63(44)39-24-22-38(23-25-39)54(5,6)7)37-20-16-35(17-21-37)41-31-43(60-58-41)47-13-11-29-62(47)51(65)49(33(3)4)56-53(67)69-9/h14-25,30-33,44-49H,10-13,26-29H2,1-9H3,(H,55,66)(H,56,67)(H,57,59)(H,58,60)/t44-,45+,46-,47-,48-,49-/m0/s1. The fraction of sp³-hybridized carbons (Fsp3) is 0.481. The Morgan fingerprint density at radius 1 is 0.594 bits per heavy atom. The average molecular weight is 940 g/mol. The molecule has 0 bridgehead atoms. The first-order chi connectivity index (χ1) is 33.1. The Hall–Kier alpha value is -6.64. The number of hydrogen-bond acceptors (Lipinski definition) is 9. The Labute approximate surface area is 406 Å². The van der Waals surface area contributed by atoms with Gasteiger partial charge in [0.2, 0.25) is 11.8 Å². The molecule has 5 aromatic rings. The first-order valence-electron chi connectivity index (χ1n) is 24.6. The van der Waals surface area contributed by atoms with Crippen molar-refractivity contribution < 1.29 is 28.7 Å². The maximum absolute atomic E-state index is 13.8. The summed E-state index contributed by atoms with van der Waals surface area (Å²) < 4.78 is 9.63. The van der Waals surface area contributed by atoms with Crippen LogP contribution in [0.4, 0.5) is 15.3 Å². The summed E-state index contributed by atoms with van der Waals surface area (Å²) in [6, 6.07) is 29.2. The van der Waals surface area contributed by atoms with Gasteiger partial charge < -0.3 is 34.8 Å². The van der Waals surface area contributed by atoms with E-state index in [-0.39, 0.29) is 53.2 Å². The lowest BCUT2D eigenvalue weighted by atomic mass is 9.87. The number of carbonyl (C=O) groups is 4. The molecule has 3 aromatic carbocycles. The number of rotatable bonds is 13. The van der Waals surface area contributed by atoms with Gasteiger partial charge in [-0.15, -0.1) is 0 Å². The quantitative estimate of drug-likeness (QED) is 0.0895. The number of H-pyrrole nitrogens is 2. The third kappa shape index (κ3) is 10.4. The molecular formula is C54H69N9O6. The van der Waals surface area contributed by atoms with Crippen LogP contribution in [0.2, 0.25) is 0 Å². The number of aromatic nitrogens is 4. The zero-order chi connectivity index (χ0) is 49.1. The molecule has 4 amide bonds. The SMILES string of the molecule is COC(=O)N[C@H](C(=O)N1CCC[C@H]1c1cc(-c2ccc([C@H]3CC[C@@H](c4ccc(-c5cc([C@@H]6CCCN6C(=O)[C@@H](NC(=O)OC)C(C)C)[nH]n5)cc4)N3c3ccc(C(C)(C)C)cc3)cc2)n[nH]1)C(C)C. The lowest BCUT2D eigenvalue weighted by molar-refractivity contribution is -0.136. The molecule has 8 rings (SSSR count). The van der Waals surface area contributed by atoms with Crippen molar-refractivity contribution in [3.05, 3.63) is 113 Å². The van der Waals surface area contributed by atoms with Crippen molar-refractivity contribution in [2.75, 3.05) is 32.2 Å². The van der Waals surface area contributed by atoms with Crippen LogP contribution in [0, 0.1) is 11.8 Å². The van der Waals surface area contributed by atoms with Gasteiger partial charge in [-0.2, -0.15) is 10.2 Å². The molecule has 366 valence electrons. The predicted octanol–water partition coefficient (Wildman–Crippen LogP) is 9.94. The highest BCUT2D eigenvalue weighted by Crippen LogP contribution is 2.48. The van der Waals surface area contributed by atoms with Gasteiger partial charge in [0.15, 0.2) is 0 Å². The number of benzene rings is 3. The number of ether oxygens (including phenoxy) is 2. The van der Waals surface area contributed by atoms with Gasteiger partial charge in [0.25, 0.3) is 0 Å². The fourth-order valence-electron chi connectivity index (χ4n) is 10.5. The fourth-order valence-corrected chi connectivity index (χ4v) is 10.5. The molecular weight excluding hydrogens is 871 g/mol. The Morgan fingerprint density at radius 2 is 1.00 bits per heavy atom. The molecule has 15 heteroatoms. The summed E-state index contributed by atoms with van der Waals surface area (Å²) in [6.07, 6.45) is 4.04. The highest BCUT2D eigenvalue weighted by atomic mass is 16.5. The van der Waals surface area contributed by atoms with Crippen LogP contribution in [-0.2, 0) is 24.5 Å². The number of aromatic amines is 2. The number of anilines is 1. The van der Waals surface area contributed by atoms with E-state index in [1.54, 1.807) is 0 Å². The van der Waals surface area contributed by atoms with E-state index in [2.05, 4.69) is 119 Å². The highest BCUT2D eigenvalue weighted by Gasteiger charge is 2.40. The summed E-state index contributed by atoms with van der Waals surface area (Å²) in [4.78, 5) is 58.0. The minimum Gasteiger partial charge on any atom is -0.453 e. The molecule has 0 radical (unpaired) electrons. The molecule has 4 N–H and O–H groups in total. The minimum atomic E-state index is -0.688. The van der Waals surface area contributed by atoms with Crippen LogP contribution in [0.15, 0.2) is 84.9 Å². The maximum atomic E-state index is 13.8. The molecule has 0 aliphatic carbocycles. The van der Waals surface area contributed by atoms with Crippen molar-refractivity contribution in [2.45, 2.75) is 129 Å². The molecule has 15 nitrogen and oxygen atoms in total. The van der Waals surface area contributed by atoms with Crippen LogP contribution in [0.25, 0.3) is 22.5 Å². The lowest BCUT2D eigenvalue weighted by Crippen LogP contribution is -2.51. The van der Waals surface area contributed by atoms with Gasteiger partial charge in [-0.3, -0.25) is 19.8 Å². The molecule has 69 heavy (non-hydrogen) atoms. The van der Waals surface area contributed by atoms with Crippen molar-refractivity contribution >= 4 is 29.7 Å². The normalized spacial score (nSPS) is 20.4. The van der Waals surface area contributed by atoms with Gasteiger partial charge in [0.05, 0.1) is 61.2 Å². The van der Waals surface area contributed by atoms with E-state index in [9.17, 15) is 19.2 Å². The number of amides is 4. The second-order valence-electron chi connectivity index (χ2n) is 20.6. The van der Waals surface area contributed by atoms with Crippen LogP contribution in [0.3, 0.4) is 0 Å². The van der Waals surface area contributed by atoms with Crippen LogP contribution in [0.1, 0.15) is 139 Å². The van der Waals surface area contributed by atoms with E-state index in [0.29, 0.717) is 13.1 Å². The Bertz CT molecular complexity index is 2430. The van der Waals surface area contributed by atoms with Gasteiger partial charge in [0, 0.05) is 29.9 Å². The van der Waals surface area contributed by atoms with Crippen LogP contribution in [0.5, 0.6) is 0 Å². The number of carbonyl (C=O) groups excluding carboxylic acids is 4. The summed E-state index contributed by atoms with van der Waals surface area (Å²) in [5, 5.41) is 21.4. The summed E-state index contributed by atoms with van der Waals surface area (Å²) in [5.74, 6) is -0.456. The number of likely N-dealkylation sites (tertiary alicyclic amines) is 2. The van der Waals surface area contributed by atoms with Crippen LogP contribution >= 0.6 is 0 Å².